The summed E-state index contributed by atoms with van der Waals surface area (Å²) < 4.78 is 28.6. The van der Waals surface area contributed by atoms with Crippen LogP contribution in [0.5, 0.6) is 0 Å². The summed E-state index contributed by atoms with van der Waals surface area (Å²) in [4.78, 5) is 0.350. The Bertz CT molecular complexity index is 823. The molecule has 0 amide bonds. The average Bonchev–Trinajstić information content (AvgIpc) is 2.72. The van der Waals surface area contributed by atoms with E-state index in [9.17, 15) is 8.42 Å². The summed E-state index contributed by atoms with van der Waals surface area (Å²) >= 11 is 0. The Labute approximate surface area is 139 Å². The molecule has 5 nitrogen and oxygen atoms in total. The van der Waals surface area contributed by atoms with E-state index < -0.39 is 10.0 Å². The lowest BCUT2D eigenvalue weighted by Gasteiger charge is -2.18. The molecule has 2 aromatic rings. The lowest BCUT2D eigenvalue weighted by atomic mass is 10.1. The molecule has 1 heterocycles. The number of hydrogen-bond donors (Lipinski definition) is 0. The summed E-state index contributed by atoms with van der Waals surface area (Å²) in [5, 5.41) is 4.38. The molecule has 0 radical (unpaired) electrons. The summed E-state index contributed by atoms with van der Waals surface area (Å²) in [5.74, 6) is 0. The monoisotopic (exact) mass is 335 g/mol. The molecular formula is C17H25N3O2S. The van der Waals surface area contributed by atoms with E-state index in [-0.39, 0.29) is 0 Å². The summed E-state index contributed by atoms with van der Waals surface area (Å²) in [5.41, 5.74) is 5.24. The molecule has 23 heavy (non-hydrogen) atoms. The molecule has 1 aromatic carbocycles. The number of hydrogen-bond acceptors (Lipinski definition) is 3. The lowest BCUT2D eigenvalue weighted by molar-refractivity contribution is 0.472. The van der Waals surface area contributed by atoms with Gasteiger partial charge in [-0.25, -0.2) is 12.7 Å². The maximum Gasteiger partial charge on any atom is 0.242 e. The molecule has 0 saturated carbocycles. The molecule has 126 valence electrons. The highest BCUT2D eigenvalue weighted by Crippen LogP contribution is 2.19. The van der Waals surface area contributed by atoms with Crippen LogP contribution in [0.2, 0.25) is 0 Å². The van der Waals surface area contributed by atoms with Crippen molar-refractivity contribution in [2.45, 2.75) is 39.0 Å². The van der Waals surface area contributed by atoms with E-state index in [0.29, 0.717) is 17.9 Å². The van der Waals surface area contributed by atoms with Gasteiger partial charge in [0, 0.05) is 26.3 Å². The molecule has 6 heteroatoms. The van der Waals surface area contributed by atoms with Gasteiger partial charge in [0.15, 0.2) is 0 Å². The Kier molecular flexibility index (Phi) is 4.96. The van der Waals surface area contributed by atoms with E-state index in [1.807, 2.05) is 45.5 Å². The van der Waals surface area contributed by atoms with Crippen molar-refractivity contribution in [1.29, 1.82) is 0 Å². The minimum atomic E-state index is -3.46. The van der Waals surface area contributed by atoms with E-state index in [2.05, 4.69) is 5.10 Å². The zero-order valence-corrected chi connectivity index (χ0v) is 15.5. The van der Waals surface area contributed by atoms with Crippen LogP contribution in [0.1, 0.15) is 28.1 Å². The third-order valence-electron chi connectivity index (χ3n) is 4.52. The Morgan fingerprint density at radius 1 is 1.13 bits per heavy atom. The van der Waals surface area contributed by atoms with E-state index in [0.717, 1.165) is 28.1 Å². The van der Waals surface area contributed by atoms with Gasteiger partial charge in [0.2, 0.25) is 10.0 Å². The van der Waals surface area contributed by atoms with Gasteiger partial charge >= 0.3 is 0 Å². The zero-order valence-electron chi connectivity index (χ0n) is 14.7. The fraction of sp³-hybridized carbons (Fsp3) is 0.471. The van der Waals surface area contributed by atoms with E-state index in [1.54, 1.807) is 19.2 Å². The Hall–Kier alpha value is -1.66. The van der Waals surface area contributed by atoms with Crippen molar-refractivity contribution in [2.24, 2.45) is 7.05 Å². The normalized spacial score (nSPS) is 12.1. The predicted molar refractivity (Wildman–Crippen MR) is 92.1 cm³/mol. The highest BCUT2D eigenvalue weighted by Gasteiger charge is 2.22. The van der Waals surface area contributed by atoms with Crippen LogP contribution in [-0.2, 0) is 23.5 Å². The van der Waals surface area contributed by atoms with E-state index in [4.69, 9.17) is 0 Å². The molecule has 0 aliphatic rings. The first-order valence-electron chi connectivity index (χ1n) is 7.67. The van der Waals surface area contributed by atoms with Crippen molar-refractivity contribution in [3.63, 3.8) is 0 Å². The standard InChI is InChI=1S/C17H25N3O2S/c1-12-7-8-16(11-13(12)2)23(21,22)19(5)10-9-17-14(3)18-20(6)15(17)4/h7-8,11H,9-10H2,1-6H3. The molecule has 2 rings (SSSR count). The number of nitrogens with zero attached hydrogens (tertiary/aromatic N) is 3. The lowest BCUT2D eigenvalue weighted by Crippen LogP contribution is -2.29. The molecular weight excluding hydrogens is 310 g/mol. The molecule has 0 N–H and O–H groups in total. The summed E-state index contributed by atoms with van der Waals surface area (Å²) in [6.45, 7) is 8.30. The van der Waals surface area contributed by atoms with E-state index >= 15 is 0 Å². The van der Waals surface area contributed by atoms with Gasteiger partial charge in [-0.05, 0) is 62.9 Å². The number of rotatable bonds is 5. The zero-order chi connectivity index (χ0) is 17.4. The van der Waals surface area contributed by atoms with Gasteiger partial charge in [0.25, 0.3) is 0 Å². The molecule has 1 aromatic heterocycles. The average molecular weight is 335 g/mol. The third kappa shape index (κ3) is 3.48. The van der Waals surface area contributed by atoms with Gasteiger partial charge in [0.05, 0.1) is 10.6 Å². The van der Waals surface area contributed by atoms with Crippen molar-refractivity contribution >= 4 is 10.0 Å². The molecule has 0 saturated heterocycles. The molecule has 0 spiro atoms. The highest BCUT2D eigenvalue weighted by molar-refractivity contribution is 7.89. The second kappa shape index (κ2) is 6.45. The maximum absolute atomic E-state index is 12.7. The number of benzene rings is 1. The van der Waals surface area contributed by atoms with E-state index in [1.165, 1.54) is 4.31 Å². The van der Waals surface area contributed by atoms with Crippen LogP contribution in [0.3, 0.4) is 0 Å². The van der Waals surface area contributed by atoms with Gasteiger partial charge in [-0.2, -0.15) is 5.10 Å². The third-order valence-corrected chi connectivity index (χ3v) is 6.37. The van der Waals surface area contributed by atoms with Crippen molar-refractivity contribution in [3.8, 4) is 0 Å². The molecule has 0 fully saturated rings. The highest BCUT2D eigenvalue weighted by atomic mass is 32.2. The van der Waals surface area contributed by atoms with Gasteiger partial charge in [-0.15, -0.1) is 0 Å². The Balaban J connectivity index is 2.18. The second-order valence-electron chi connectivity index (χ2n) is 6.10. The first kappa shape index (κ1) is 17.7. The van der Waals surface area contributed by atoms with Crippen molar-refractivity contribution in [3.05, 3.63) is 46.3 Å². The molecule has 0 atom stereocenters. The van der Waals surface area contributed by atoms with Crippen LogP contribution in [0, 0.1) is 27.7 Å². The summed E-state index contributed by atoms with van der Waals surface area (Å²) in [6.07, 6.45) is 0.659. The molecule has 0 aliphatic carbocycles. The number of sulfonamides is 1. The minimum Gasteiger partial charge on any atom is -0.272 e. The number of aromatic nitrogens is 2. The van der Waals surface area contributed by atoms with Crippen molar-refractivity contribution < 1.29 is 8.42 Å². The second-order valence-corrected chi connectivity index (χ2v) is 8.14. The first-order chi connectivity index (χ1) is 10.6. The van der Waals surface area contributed by atoms with Gasteiger partial charge in [-0.1, -0.05) is 6.07 Å². The van der Waals surface area contributed by atoms with Crippen LogP contribution in [0.25, 0.3) is 0 Å². The van der Waals surface area contributed by atoms with Crippen LogP contribution >= 0.6 is 0 Å². The largest absolute Gasteiger partial charge is 0.272 e. The molecule has 0 unspecified atom stereocenters. The van der Waals surface area contributed by atoms with Crippen LogP contribution in [0.15, 0.2) is 23.1 Å². The molecule has 0 bridgehead atoms. The maximum atomic E-state index is 12.7. The number of likely N-dealkylation sites (N-methyl/N-ethyl adjacent to an activating group) is 1. The fourth-order valence-corrected chi connectivity index (χ4v) is 3.88. The Morgan fingerprint density at radius 2 is 1.78 bits per heavy atom. The quantitative estimate of drug-likeness (QED) is 0.844. The fourth-order valence-electron chi connectivity index (χ4n) is 2.62. The van der Waals surface area contributed by atoms with Gasteiger partial charge in [-0.3, -0.25) is 4.68 Å². The van der Waals surface area contributed by atoms with Crippen LogP contribution < -0.4 is 0 Å². The summed E-state index contributed by atoms with van der Waals surface area (Å²) in [7, 11) is 0.0735. The van der Waals surface area contributed by atoms with Crippen molar-refractivity contribution in [2.75, 3.05) is 13.6 Å². The topological polar surface area (TPSA) is 55.2 Å². The Morgan fingerprint density at radius 3 is 2.30 bits per heavy atom. The van der Waals surface area contributed by atoms with Gasteiger partial charge < -0.3 is 0 Å². The minimum absolute atomic E-state index is 0.350. The smallest absolute Gasteiger partial charge is 0.242 e. The summed E-state index contributed by atoms with van der Waals surface area (Å²) in [6, 6.07) is 5.27. The van der Waals surface area contributed by atoms with Crippen LogP contribution in [0.4, 0.5) is 0 Å². The first-order valence-corrected chi connectivity index (χ1v) is 9.11. The van der Waals surface area contributed by atoms with Gasteiger partial charge in [0.1, 0.15) is 0 Å². The SMILES string of the molecule is Cc1ccc(S(=O)(=O)N(C)CCc2c(C)nn(C)c2C)cc1C. The molecule has 0 aliphatic heterocycles. The number of aryl methyl sites for hydroxylation is 4. The van der Waals surface area contributed by atoms with Crippen molar-refractivity contribution in [1.82, 2.24) is 14.1 Å². The van der Waals surface area contributed by atoms with Crippen LogP contribution in [-0.4, -0.2) is 36.1 Å². The predicted octanol–water partition coefficient (Wildman–Crippen LogP) is 2.52.